The van der Waals surface area contributed by atoms with Gasteiger partial charge in [-0.3, -0.25) is 0 Å². The van der Waals surface area contributed by atoms with Gasteiger partial charge in [-0.25, -0.2) is 0 Å². The van der Waals surface area contributed by atoms with Crippen LogP contribution in [0.15, 0.2) is 60.4 Å². The summed E-state index contributed by atoms with van der Waals surface area (Å²) in [5.74, 6) is 0.631. The minimum absolute atomic E-state index is 0.631. The van der Waals surface area contributed by atoms with Crippen molar-refractivity contribution < 1.29 is 4.74 Å². The molecule has 0 N–H and O–H groups in total. The first kappa shape index (κ1) is 19.0. The third kappa shape index (κ3) is 6.73. The van der Waals surface area contributed by atoms with Crippen molar-refractivity contribution in [2.45, 2.75) is 46.5 Å². The SMILES string of the molecule is C=C(/C=C\C(=C)/C(C)=C/c1ccc(CCCCC)cc1C)OC. The summed E-state index contributed by atoms with van der Waals surface area (Å²) in [5.41, 5.74) is 6.11. The zero-order valence-electron chi connectivity index (χ0n) is 15.1. The van der Waals surface area contributed by atoms with Crippen LogP contribution >= 0.6 is 0 Å². The molecule has 1 nitrogen and oxygen atoms in total. The summed E-state index contributed by atoms with van der Waals surface area (Å²) in [6.07, 6.45) is 11.0. The fraction of sp³-hybridized carbons (Fsp3) is 0.364. The molecule has 23 heavy (non-hydrogen) atoms. The van der Waals surface area contributed by atoms with E-state index in [2.05, 4.69) is 58.2 Å². The monoisotopic (exact) mass is 310 g/mol. The summed E-state index contributed by atoms with van der Waals surface area (Å²) in [6, 6.07) is 6.76. The van der Waals surface area contributed by atoms with Crippen LogP contribution in [0.1, 0.15) is 49.8 Å². The topological polar surface area (TPSA) is 9.23 Å². The predicted molar refractivity (Wildman–Crippen MR) is 102 cm³/mol. The molecule has 0 aromatic heterocycles. The summed E-state index contributed by atoms with van der Waals surface area (Å²) in [5, 5.41) is 0. The Kier molecular flexibility index (Phi) is 8.18. The van der Waals surface area contributed by atoms with Gasteiger partial charge < -0.3 is 4.74 Å². The van der Waals surface area contributed by atoms with Crippen molar-refractivity contribution >= 4 is 6.08 Å². The molecule has 0 atom stereocenters. The van der Waals surface area contributed by atoms with Crippen molar-refractivity contribution in [3.63, 3.8) is 0 Å². The lowest BCUT2D eigenvalue weighted by atomic mass is 9.98. The molecular weight excluding hydrogens is 280 g/mol. The molecule has 124 valence electrons. The smallest absolute Gasteiger partial charge is 0.111 e. The van der Waals surface area contributed by atoms with Crippen molar-refractivity contribution in [1.82, 2.24) is 0 Å². The number of hydrogen-bond donors (Lipinski definition) is 0. The lowest BCUT2D eigenvalue weighted by Crippen LogP contribution is -1.90. The van der Waals surface area contributed by atoms with Crippen LogP contribution in [0.2, 0.25) is 0 Å². The van der Waals surface area contributed by atoms with Crippen LogP contribution in [0.5, 0.6) is 0 Å². The van der Waals surface area contributed by atoms with Gasteiger partial charge in [0.1, 0.15) is 5.76 Å². The lowest BCUT2D eigenvalue weighted by molar-refractivity contribution is 0.309. The summed E-state index contributed by atoms with van der Waals surface area (Å²) in [6.45, 7) is 14.4. The molecule has 0 radical (unpaired) electrons. The second-order valence-corrected chi connectivity index (χ2v) is 6.00. The van der Waals surface area contributed by atoms with Gasteiger partial charge in [0.15, 0.2) is 0 Å². The van der Waals surface area contributed by atoms with E-state index in [0.29, 0.717) is 5.76 Å². The van der Waals surface area contributed by atoms with Gasteiger partial charge in [-0.15, -0.1) is 0 Å². The number of ether oxygens (including phenoxy) is 1. The van der Waals surface area contributed by atoms with Crippen LogP contribution in [0.25, 0.3) is 6.08 Å². The van der Waals surface area contributed by atoms with Gasteiger partial charge in [-0.2, -0.15) is 0 Å². The molecule has 0 spiro atoms. The van der Waals surface area contributed by atoms with E-state index in [1.165, 1.54) is 42.4 Å². The Hall–Kier alpha value is -2.02. The first-order valence-corrected chi connectivity index (χ1v) is 8.36. The Morgan fingerprint density at radius 1 is 1.17 bits per heavy atom. The third-order valence-corrected chi connectivity index (χ3v) is 4.01. The molecule has 1 heteroatoms. The van der Waals surface area contributed by atoms with E-state index in [1.54, 1.807) is 7.11 Å². The van der Waals surface area contributed by atoms with Gasteiger partial charge in [-0.1, -0.05) is 63.3 Å². The van der Waals surface area contributed by atoms with Gasteiger partial charge in [0.25, 0.3) is 0 Å². The molecule has 1 rings (SSSR count). The van der Waals surface area contributed by atoms with Crippen molar-refractivity contribution in [2.75, 3.05) is 7.11 Å². The predicted octanol–water partition coefficient (Wildman–Crippen LogP) is 6.40. The molecule has 0 amide bonds. The Bertz CT molecular complexity index is 602. The summed E-state index contributed by atoms with van der Waals surface area (Å²) < 4.78 is 5.03. The second-order valence-electron chi connectivity index (χ2n) is 6.00. The van der Waals surface area contributed by atoms with Crippen molar-refractivity contribution in [3.8, 4) is 0 Å². The Morgan fingerprint density at radius 3 is 2.52 bits per heavy atom. The summed E-state index contributed by atoms with van der Waals surface area (Å²) >= 11 is 0. The maximum absolute atomic E-state index is 5.03. The maximum Gasteiger partial charge on any atom is 0.111 e. The molecule has 1 aromatic carbocycles. The first-order valence-electron chi connectivity index (χ1n) is 8.36. The van der Waals surface area contributed by atoms with Gasteiger partial charge in [0.2, 0.25) is 0 Å². The first-order chi connectivity index (χ1) is 11.0. The molecule has 1 aromatic rings. The highest BCUT2D eigenvalue weighted by Gasteiger charge is 2.01. The quantitative estimate of drug-likeness (QED) is 0.291. The number of benzene rings is 1. The molecule has 0 saturated carbocycles. The Labute approximate surface area is 142 Å². The van der Waals surface area contributed by atoms with E-state index >= 15 is 0 Å². The standard InChI is InChI=1S/C22H30O/c1-7-8-9-10-21-13-14-22(19(4)15-21)16-18(3)17(2)11-12-20(5)23-6/h11-16H,2,5,7-10H2,1,3-4,6H3/b12-11-,18-16+. The average Bonchev–Trinajstić information content (AvgIpc) is 2.54. The Balaban J connectivity index is 2.80. The highest BCUT2D eigenvalue weighted by molar-refractivity contribution is 5.62. The van der Waals surface area contributed by atoms with Crippen LogP contribution in [0.4, 0.5) is 0 Å². The average molecular weight is 310 g/mol. The molecule has 0 unspecified atom stereocenters. The fourth-order valence-electron chi connectivity index (χ4n) is 2.35. The maximum atomic E-state index is 5.03. The van der Waals surface area contributed by atoms with Crippen molar-refractivity contribution in [3.05, 3.63) is 77.1 Å². The highest BCUT2D eigenvalue weighted by Crippen LogP contribution is 2.19. The third-order valence-electron chi connectivity index (χ3n) is 4.01. The zero-order chi connectivity index (χ0) is 17.2. The second kappa shape index (κ2) is 9.89. The van der Waals surface area contributed by atoms with Crippen LogP contribution in [-0.2, 0) is 11.2 Å². The lowest BCUT2D eigenvalue weighted by Gasteiger charge is -2.08. The number of hydrogen-bond acceptors (Lipinski definition) is 1. The van der Waals surface area contributed by atoms with Crippen LogP contribution < -0.4 is 0 Å². The van der Waals surface area contributed by atoms with E-state index in [-0.39, 0.29) is 0 Å². The van der Waals surface area contributed by atoms with E-state index in [9.17, 15) is 0 Å². The molecule has 0 aliphatic carbocycles. The van der Waals surface area contributed by atoms with E-state index in [4.69, 9.17) is 4.74 Å². The molecule has 0 fully saturated rings. The van der Waals surface area contributed by atoms with Gasteiger partial charge in [-0.05, 0) is 60.6 Å². The normalized spacial score (nSPS) is 11.7. The largest absolute Gasteiger partial charge is 0.497 e. The minimum atomic E-state index is 0.631. The molecule has 0 aliphatic heterocycles. The van der Waals surface area contributed by atoms with Crippen molar-refractivity contribution in [2.24, 2.45) is 0 Å². The highest BCUT2D eigenvalue weighted by atomic mass is 16.5. The van der Waals surface area contributed by atoms with Gasteiger partial charge >= 0.3 is 0 Å². The van der Waals surface area contributed by atoms with Gasteiger partial charge in [0, 0.05) is 0 Å². The molecule has 0 bridgehead atoms. The van der Waals surface area contributed by atoms with Gasteiger partial charge in [0.05, 0.1) is 7.11 Å². The van der Waals surface area contributed by atoms with E-state index in [0.717, 1.165) is 11.1 Å². The van der Waals surface area contributed by atoms with Crippen molar-refractivity contribution in [1.29, 1.82) is 0 Å². The number of aryl methyl sites for hydroxylation is 2. The number of methoxy groups -OCH3 is 1. The fourth-order valence-corrected chi connectivity index (χ4v) is 2.35. The number of unbranched alkanes of at least 4 members (excludes halogenated alkanes) is 2. The van der Waals surface area contributed by atoms with Crippen LogP contribution in [0.3, 0.4) is 0 Å². The molecule has 0 aliphatic rings. The molecule has 0 saturated heterocycles. The Morgan fingerprint density at radius 2 is 1.91 bits per heavy atom. The summed E-state index contributed by atoms with van der Waals surface area (Å²) in [7, 11) is 1.61. The number of allylic oxidation sites excluding steroid dienone is 4. The summed E-state index contributed by atoms with van der Waals surface area (Å²) in [4.78, 5) is 0. The molecule has 0 heterocycles. The zero-order valence-corrected chi connectivity index (χ0v) is 15.1. The molecular formula is C22H30O. The van der Waals surface area contributed by atoms with Crippen LogP contribution in [-0.4, -0.2) is 7.11 Å². The number of rotatable bonds is 9. The van der Waals surface area contributed by atoms with Crippen LogP contribution in [0, 0.1) is 6.92 Å². The minimum Gasteiger partial charge on any atom is -0.497 e. The van der Waals surface area contributed by atoms with E-state index in [1.807, 2.05) is 12.2 Å². The van der Waals surface area contributed by atoms with E-state index < -0.39 is 0 Å².